The summed E-state index contributed by atoms with van der Waals surface area (Å²) in [5, 5.41) is 0. The van der Waals surface area contributed by atoms with Crippen LogP contribution in [0.2, 0.25) is 0 Å². The highest BCUT2D eigenvalue weighted by Gasteiger charge is 2.11. The molecule has 0 aromatic heterocycles. The van der Waals surface area contributed by atoms with Crippen LogP contribution in [0.1, 0.15) is 44.6 Å². The number of benzene rings is 1. The van der Waals surface area contributed by atoms with Gasteiger partial charge in [-0.3, -0.25) is 0 Å². The van der Waals surface area contributed by atoms with Crippen LogP contribution in [0, 0.1) is 11.6 Å². The summed E-state index contributed by atoms with van der Waals surface area (Å²) in [5.74, 6) is -1.12. The smallest absolute Gasteiger partial charge is 0.145 e. The van der Waals surface area contributed by atoms with Gasteiger partial charge in [-0.2, -0.15) is 0 Å². The lowest BCUT2D eigenvalue weighted by Crippen LogP contribution is -2.01. The molecule has 18 heavy (non-hydrogen) atoms. The minimum atomic E-state index is -0.569. The van der Waals surface area contributed by atoms with Crippen LogP contribution in [0.3, 0.4) is 0 Å². The predicted molar refractivity (Wildman–Crippen MR) is 72.5 cm³/mol. The average Bonchev–Trinajstić information content (AvgIpc) is 2.36. The quantitative estimate of drug-likeness (QED) is 0.471. The number of rotatable bonds is 8. The zero-order chi connectivity index (χ0) is 13.4. The molecule has 0 aliphatic carbocycles. The van der Waals surface area contributed by atoms with Crippen molar-refractivity contribution >= 4 is 15.9 Å². The Kier molecular flexibility index (Phi) is 7.44. The number of ether oxygens (including phenoxy) is 1. The molecule has 102 valence electrons. The second kappa shape index (κ2) is 8.59. The zero-order valence-corrected chi connectivity index (χ0v) is 12.2. The van der Waals surface area contributed by atoms with Crippen LogP contribution >= 0.6 is 15.9 Å². The third-order valence-corrected chi connectivity index (χ3v) is 3.39. The fraction of sp³-hybridized carbons (Fsp3) is 0.571. The molecule has 0 amide bonds. The van der Waals surface area contributed by atoms with E-state index < -0.39 is 11.6 Å². The van der Waals surface area contributed by atoms with Crippen molar-refractivity contribution in [3.63, 3.8) is 0 Å². The first kappa shape index (κ1) is 15.6. The zero-order valence-electron chi connectivity index (χ0n) is 10.6. The Bertz CT molecular complexity index is 369. The van der Waals surface area contributed by atoms with E-state index in [-0.39, 0.29) is 16.6 Å². The number of hydrogen-bond acceptors (Lipinski definition) is 1. The van der Waals surface area contributed by atoms with E-state index in [1.807, 2.05) is 0 Å². The van der Waals surface area contributed by atoms with Gasteiger partial charge in [0, 0.05) is 6.61 Å². The second-order valence-corrected chi connectivity index (χ2v) is 5.14. The lowest BCUT2D eigenvalue weighted by Gasteiger charge is -2.07. The minimum Gasteiger partial charge on any atom is -0.377 e. The van der Waals surface area contributed by atoms with E-state index in [2.05, 4.69) is 22.9 Å². The number of unbranched alkanes of at least 4 members (excludes halogenated alkanes) is 4. The molecule has 0 aliphatic heterocycles. The van der Waals surface area contributed by atoms with Crippen molar-refractivity contribution < 1.29 is 13.5 Å². The molecule has 0 heterocycles. The van der Waals surface area contributed by atoms with Crippen molar-refractivity contribution in [2.45, 2.75) is 45.6 Å². The summed E-state index contributed by atoms with van der Waals surface area (Å²) in [4.78, 5) is 0. The van der Waals surface area contributed by atoms with Crippen LogP contribution < -0.4 is 0 Å². The van der Waals surface area contributed by atoms with Gasteiger partial charge in [-0.05, 0) is 34.5 Å². The van der Waals surface area contributed by atoms with Crippen molar-refractivity contribution in [1.29, 1.82) is 0 Å². The molecular weight excluding hydrogens is 302 g/mol. The fourth-order valence-corrected chi connectivity index (χ4v) is 2.05. The van der Waals surface area contributed by atoms with Gasteiger partial charge >= 0.3 is 0 Å². The molecule has 0 spiro atoms. The molecule has 0 saturated heterocycles. The molecule has 0 fully saturated rings. The molecular formula is C14H19BrF2O. The van der Waals surface area contributed by atoms with Crippen molar-refractivity contribution in [3.05, 3.63) is 33.8 Å². The van der Waals surface area contributed by atoms with Gasteiger partial charge in [-0.15, -0.1) is 0 Å². The number of halogens is 3. The van der Waals surface area contributed by atoms with Crippen LogP contribution in [0.5, 0.6) is 0 Å². The molecule has 1 rings (SSSR count). The van der Waals surface area contributed by atoms with E-state index in [9.17, 15) is 8.78 Å². The van der Waals surface area contributed by atoms with E-state index in [1.165, 1.54) is 31.4 Å². The summed E-state index contributed by atoms with van der Waals surface area (Å²) in [7, 11) is 0. The third kappa shape index (κ3) is 5.02. The molecule has 0 unspecified atom stereocenters. The summed E-state index contributed by atoms with van der Waals surface area (Å²) >= 11 is 3.03. The Hall–Kier alpha value is -0.480. The maximum atomic E-state index is 13.6. The Balaban J connectivity index is 2.29. The summed E-state index contributed by atoms with van der Waals surface area (Å²) in [6.45, 7) is 2.70. The Morgan fingerprint density at radius 1 is 1.11 bits per heavy atom. The SMILES string of the molecule is CCCCCCCOCc1c(F)ccc(Br)c1F. The Morgan fingerprint density at radius 2 is 1.83 bits per heavy atom. The van der Waals surface area contributed by atoms with Gasteiger partial charge in [-0.25, -0.2) is 8.78 Å². The van der Waals surface area contributed by atoms with Crippen molar-refractivity contribution in [2.75, 3.05) is 6.61 Å². The highest BCUT2D eigenvalue weighted by atomic mass is 79.9. The van der Waals surface area contributed by atoms with Gasteiger partial charge in [0.15, 0.2) is 0 Å². The van der Waals surface area contributed by atoms with Crippen molar-refractivity contribution in [1.82, 2.24) is 0 Å². The van der Waals surface area contributed by atoms with Crippen molar-refractivity contribution in [2.24, 2.45) is 0 Å². The molecule has 4 heteroatoms. The first-order valence-electron chi connectivity index (χ1n) is 6.37. The third-order valence-electron chi connectivity index (χ3n) is 2.78. The molecule has 0 atom stereocenters. The van der Waals surface area contributed by atoms with Crippen LogP contribution in [-0.2, 0) is 11.3 Å². The summed E-state index contributed by atoms with van der Waals surface area (Å²) in [6.07, 6.45) is 5.68. The molecule has 0 aliphatic rings. The van der Waals surface area contributed by atoms with Gasteiger partial charge in [-0.1, -0.05) is 32.6 Å². The highest BCUT2D eigenvalue weighted by molar-refractivity contribution is 9.10. The van der Waals surface area contributed by atoms with Gasteiger partial charge < -0.3 is 4.74 Å². The van der Waals surface area contributed by atoms with E-state index in [4.69, 9.17) is 4.74 Å². The van der Waals surface area contributed by atoms with E-state index >= 15 is 0 Å². The molecule has 1 nitrogen and oxygen atoms in total. The summed E-state index contributed by atoms with van der Waals surface area (Å²) < 4.78 is 32.5. The maximum absolute atomic E-state index is 13.6. The van der Waals surface area contributed by atoms with Crippen molar-refractivity contribution in [3.8, 4) is 0 Å². The highest BCUT2D eigenvalue weighted by Crippen LogP contribution is 2.22. The molecule has 0 N–H and O–H groups in total. The van der Waals surface area contributed by atoms with Gasteiger partial charge in [0.25, 0.3) is 0 Å². The molecule has 1 aromatic rings. The first-order chi connectivity index (χ1) is 8.66. The standard InChI is InChI=1S/C14H19BrF2O/c1-2-3-4-5-6-9-18-10-11-13(16)8-7-12(15)14(11)17/h7-8H,2-6,9-10H2,1H3. The average molecular weight is 321 g/mol. The lowest BCUT2D eigenvalue weighted by atomic mass is 10.2. The molecule has 0 radical (unpaired) electrons. The monoisotopic (exact) mass is 320 g/mol. The van der Waals surface area contributed by atoms with Gasteiger partial charge in [0.05, 0.1) is 16.6 Å². The minimum absolute atomic E-state index is 0.00191. The van der Waals surface area contributed by atoms with Crippen LogP contribution in [0.4, 0.5) is 8.78 Å². The maximum Gasteiger partial charge on any atom is 0.145 e. The fourth-order valence-electron chi connectivity index (χ4n) is 1.68. The van der Waals surface area contributed by atoms with E-state index in [0.717, 1.165) is 12.8 Å². The molecule has 0 bridgehead atoms. The van der Waals surface area contributed by atoms with Crippen LogP contribution in [-0.4, -0.2) is 6.61 Å². The second-order valence-electron chi connectivity index (χ2n) is 4.29. The van der Waals surface area contributed by atoms with Crippen LogP contribution in [0.25, 0.3) is 0 Å². The Morgan fingerprint density at radius 3 is 2.56 bits per heavy atom. The first-order valence-corrected chi connectivity index (χ1v) is 7.16. The molecule has 0 saturated carbocycles. The molecule has 1 aromatic carbocycles. The summed E-state index contributed by atoms with van der Waals surface area (Å²) in [6, 6.07) is 2.60. The van der Waals surface area contributed by atoms with E-state index in [1.54, 1.807) is 0 Å². The number of hydrogen-bond donors (Lipinski definition) is 0. The Labute approximate surface area is 116 Å². The van der Waals surface area contributed by atoms with Crippen LogP contribution in [0.15, 0.2) is 16.6 Å². The van der Waals surface area contributed by atoms with Gasteiger partial charge in [0.2, 0.25) is 0 Å². The lowest BCUT2D eigenvalue weighted by molar-refractivity contribution is 0.112. The normalized spacial score (nSPS) is 10.9. The summed E-state index contributed by atoms with van der Waals surface area (Å²) in [5.41, 5.74) is -0.00191. The van der Waals surface area contributed by atoms with Gasteiger partial charge in [0.1, 0.15) is 11.6 Å². The topological polar surface area (TPSA) is 9.23 Å². The largest absolute Gasteiger partial charge is 0.377 e. The van der Waals surface area contributed by atoms with E-state index in [0.29, 0.717) is 6.61 Å². The predicted octanol–water partition coefficient (Wildman–Crippen LogP) is 5.21.